The van der Waals surface area contributed by atoms with Crippen LogP contribution in [0.1, 0.15) is 31.1 Å². The van der Waals surface area contributed by atoms with Crippen molar-refractivity contribution in [2.75, 3.05) is 7.11 Å². The molecule has 1 aliphatic rings. The smallest absolute Gasteiger partial charge is 0.449 e. The van der Waals surface area contributed by atoms with Crippen LogP contribution in [0.15, 0.2) is 18.2 Å². The van der Waals surface area contributed by atoms with E-state index in [2.05, 4.69) is 4.98 Å². The third-order valence-corrected chi connectivity index (χ3v) is 4.28. The van der Waals surface area contributed by atoms with Crippen LogP contribution in [0.3, 0.4) is 0 Å². The number of carboxylic acids is 1. The zero-order valence-corrected chi connectivity index (χ0v) is 12.3. The summed E-state index contributed by atoms with van der Waals surface area (Å²) in [6, 6.07) is 3.72. The predicted octanol–water partition coefficient (Wildman–Crippen LogP) is 3.49. The highest BCUT2D eigenvalue weighted by Crippen LogP contribution is 2.42. The molecular weight excluding hydrogens is 313 g/mol. The summed E-state index contributed by atoms with van der Waals surface area (Å²) in [6.45, 7) is 0. The highest BCUT2D eigenvalue weighted by atomic mass is 19.4. The second-order valence-corrected chi connectivity index (χ2v) is 5.60. The van der Waals surface area contributed by atoms with Gasteiger partial charge in [0.05, 0.1) is 24.1 Å². The highest BCUT2D eigenvalue weighted by Gasteiger charge is 2.43. The van der Waals surface area contributed by atoms with E-state index in [1.54, 1.807) is 6.07 Å². The monoisotopic (exact) mass is 328 g/mol. The number of alkyl halides is 3. The van der Waals surface area contributed by atoms with Crippen molar-refractivity contribution in [1.29, 1.82) is 0 Å². The molecule has 2 aromatic rings. The summed E-state index contributed by atoms with van der Waals surface area (Å²) in [5.74, 6) is -2.57. The van der Waals surface area contributed by atoms with Crippen LogP contribution in [-0.2, 0) is 11.0 Å². The summed E-state index contributed by atoms with van der Waals surface area (Å²) in [4.78, 5) is 15.1. The van der Waals surface area contributed by atoms with Crippen LogP contribution in [0.2, 0.25) is 0 Å². The molecule has 2 unspecified atom stereocenters. The van der Waals surface area contributed by atoms with Gasteiger partial charge in [-0.1, -0.05) is 6.42 Å². The molecule has 1 saturated carbocycles. The maximum absolute atomic E-state index is 13.4. The Labute approximate surface area is 129 Å². The molecule has 1 aromatic carbocycles. The fourth-order valence-corrected chi connectivity index (χ4v) is 3.28. The molecule has 0 saturated heterocycles. The maximum atomic E-state index is 13.4. The average molecular weight is 328 g/mol. The molecule has 1 fully saturated rings. The zero-order valence-electron chi connectivity index (χ0n) is 12.3. The summed E-state index contributed by atoms with van der Waals surface area (Å²) in [7, 11) is 1.42. The van der Waals surface area contributed by atoms with Crippen molar-refractivity contribution in [2.24, 2.45) is 5.92 Å². The van der Waals surface area contributed by atoms with Gasteiger partial charge in [0, 0.05) is 12.1 Å². The quantitative estimate of drug-likeness (QED) is 0.937. The Morgan fingerprint density at radius 1 is 1.39 bits per heavy atom. The number of halogens is 3. The Bertz CT molecular complexity index is 754. The van der Waals surface area contributed by atoms with Gasteiger partial charge in [0.2, 0.25) is 5.82 Å². The predicted molar refractivity (Wildman–Crippen MR) is 75.3 cm³/mol. The van der Waals surface area contributed by atoms with Gasteiger partial charge in [-0.3, -0.25) is 4.79 Å². The van der Waals surface area contributed by atoms with Crippen molar-refractivity contribution >= 4 is 17.0 Å². The minimum atomic E-state index is -4.65. The summed E-state index contributed by atoms with van der Waals surface area (Å²) in [6.07, 6.45) is -3.32. The molecule has 3 rings (SSSR count). The lowest BCUT2D eigenvalue weighted by molar-refractivity contribution is -0.150. The van der Waals surface area contributed by atoms with Gasteiger partial charge in [-0.25, -0.2) is 4.98 Å². The van der Waals surface area contributed by atoms with E-state index in [4.69, 9.17) is 4.74 Å². The minimum Gasteiger partial charge on any atom is -0.497 e. The molecule has 5 nitrogen and oxygen atoms in total. The van der Waals surface area contributed by atoms with Gasteiger partial charge in [-0.05, 0) is 25.0 Å². The molecule has 23 heavy (non-hydrogen) atoms. The van der Waals surface area contributed by atoms with Crippen LogP contribution in [-0.4, -0.2) is 27.7 Å². The van der Waals surface area contributed by atoms with Crippen molar-refractivity contribution in [3.05, 3.63) is 24.0 Å². The molecule has 0 aliphatic heterocycles. The summed E-state index contributed by atoms with van der Waals surface area (Å²) in [5, 5.41) is 9.30. The number of aromatic nitrogens is 2. The molecule has 2 atom stereocenters. The summed E-state index contributed by atoms with van der Waals surface area (Å²) in [5.41, 5.74) is 0.420. The Balaban J connectivity index is 2.22. The Kier molecular flexibility index (Phi) is 3.69. The molecule has 1 aromatic heterocycles. The van der Waals surface area contributed by atoms with Crippen molar-refractivity contribution in [3.8, 4) is 5.75 Å². The number of hydrogen-bond acceptors (Lipinski definition) is 3. The molecule has 1 N–H and O–H groups in total. The van der Waals surface area contributed by atoms with E-state index in [9.17, 15) is 23.1 Å². The number of imidazole rings is 1. The number of methoxy groups -OCH3 is 1. The van der Waals surface area contributed by atoms with Gasteiger partial charge < -0.3 is 14.4 Å². The van der Waals surface area contributed by atoms with Crippen LogP contribution in [0.5, 0.6) is 5.75 Å². The van der Waals surface area contributed by atoms with E-state index in [1.807, 2.05) is 0 Å². The van der Waals surface area contributed by atoms with E-state index in [0.717, 1.165) is 4.57 Å². The number of benzene rings is 1. The van der Waals surface area contributed by atoms with Crippen LogP contribution < -0.4 is 4.74 Å². The van der Waals surface area contributed by atoms with Gasteiger partial charge in [0.1, 0.15) is 5.75 Å². The topological polar surface area (TPSA) is 64.4 Å². The van der Waals surface area contributed by atoms with Gasteiger partial charge in [0.15, 0.2) is 0 Å². The lowest BCUT2D eigenvalue weighted by Gasteiger charge is -2.21. The number of carboxylic acid groups (broad SMARTS) is 1. The molecule has 124 valence electrons. The number of rotatable bonds is 3. The molecule has 0 spiro atoms. The number of ether oxygens (including phenoxy) is 1. The standard InChI is InChI=1S/C15H15F3N2O3/c1-23-8-5-6-12-10(7-8)19-14(15(16,17)18)20(12)11-4-2-3-9(11)13(21)22/h5-7,9,11H,2-4H2,1H3,(H,21,22). The van der Waals surface area contributed by atoms with Gasteiger partial charge in [-0.2, -0.15) is 13.2 Å². The van der Waals surface area contributed by atoms with Gasteiger partial charge in [-0.15, -0.1) is 0 Å². The fraction of sp³-hybridized carbons (Fsp3) is 0.467. The number of hydrogen-bond donors (Lipinski definition) is 1. The van der Waals surface area contributed by atoms with E-state index < -0.39 is 29.9 Å². The zero-order chi connectivity index (χ0) is 16.8. The van der Waals surface area contributed by atoms with Crippen molar-refractivity contribution in [2.45, 2.75) is 31.5 Å². The maximum Gasteiger partial charge on any atom is 0.449 e. The first-order valence-corrected chi connectivity index (χ1v) is 7.19. The Morgan fingerprint density at radius 2 is 2.13 bits per heavy atom. The minimum absolute atomic E-state index is 0.146. The average Bonchev–Trinajstić information content (AvgIpc) is 3.09. The van der Waals surface area contributed by atoms with Crippen molar-refractivity contribution < 1.29 is 27.8 Å². The van der Waals surface area contributed by atoms with Crippen LogP contribution in [0.4, 0.5) is 13.2 Å². The SMILES string of the molecule is COc1ccc2c(c1)nc(C(F)(F)F)n2C1CCCC1C(=O)O. The Morgan fingerprint density at radius 3 is 2.74 bits per heavy atom. The molecule has 0 amide bonds. The van der Waals surface area contributed by atoms with E-state index in [1.165, 1.54) is 19.2 Å². The molecular formula is C15H15F3N2O3. The van der Waals surface area contributed by atoms with Crippen molar-refractivity contribution in [1.82, 2.24) is 9.55 Å². The van der Waals surface area contributed by atoms with E-state index >= 15 is 0 Å². The number of aliphatic carboxylic acids is 1. The Hall–Kier alpha value is -2.25. The normalized spacial score (nSPS) is 21.7. The van der Waals surface area contributed by atoms with Crippen LogP contribution >= 0.6 is 0 Å². The van der Waals surface area contributed by atoms with Crippen LogP contribution in [0.25, 0.3) is 11.0 Å². The molecule has 1 heterocycles. The summed E-state index contributed by atoms with van der Waals surface area (Å²) < 4.78 is 46.2. The first kappa shape index (κ1) is 15.6. The second kappa shape index (κ2) is 5.43. The van der Waals surface area contributed by atoms with Gasteiger partial charge >= 0.3 is 12.1 Å². The number of nitrogens with zero attached hydrogens (tertiary/aromatic N) is 2. The molecule has 1 aliphatic carbocycles. The number of fused-ring (bicyclic) bond motifs is 1. The third-order valence-electron chi connectivity index (χ3n) is 4.28. The van der Waals surface area contributed by atoms with Crippen LogP contribution in [0, 0.1) is 5.92 Å². The first-order valence-electron chi connectivity index (χ1n) is 7.19. The lowest BCUT2D eigenvalue weighted by Crippen LogP contribution is -2.25. The highest BCUT2D eigenvalue weighted by molar-refractivity contribution is 5.79. The number of carbonyl (C=O) groups is 1. The summed E-state index contributed by atoms with van der Waals surface area (Å²) >= 11 is 0. The largest absolute Gasteiger partial charge is 0.497 e. The molecule has 0 bridgehead atoms. The third kappa shape index (κ3) is 2.62. The molecule has 0 radical (unpaired) electrons. The lowest BCUT2D eigenvalue weighted by atomic mass is 10.0. The first-order chi connectivity index (χ1) is 10.8. The second-order valence-electron chi connectivity index (χ2n) is 5.60. The fourth-order valence-electron chi connectivity index (χ4n) is 3.28. The van der Waals surface area contributed by atoms with E-state index in [-0.39, 0.29) is 11.0 Å². The molecule has 8 heteroatoms. The van der Waals surface area contributed by atoms with Crippen molar-refractivity contribution in [3.63, 3.8) is 0 Å². The van der Waals surface area contributed by atoms with E-state index in [0.29, 0.717) is 25.0 Å². The van der Waals surface area contributed by atoms with Gasteiger partial charge in [0.25, 0.3) is 0 Å².